The van der Waals surface area contributed by atoms with Gasteiger partial charge in [0.1, 0.15) is 0 Å². The molecule has 0 fully saturated rings. The van der Waals surface area contributed by atoms with Gasteiger partial charge in [-0.25, -0.2) is 0 Å². The van der Waals surface area contributed by atoms with Crippen molar-refractivity contribution in [2.75, 3.05) is 11.4 Å². The van der Waals surface area contributed by atoms with E-state index >= 15 is 0 Å². The molecule has 122 valence electrons. The summed E-state index contributed by atoms with van der Waals surface area (Å²) in [6.07, 6.45) is 3.28. The fourth-order valence-corrected chi connectivity index (χ4v) is 4.12. The molecule has 5 rings (SSSR count). The third-order valence-electron chi connectivity index (χ3n) is 5.29. The van der Waals surface area contributed by atoms with Crippen LogP contribution in [0.2, 0.25) is 0 Å². The molecule has 0 amide bonds. The van der Waals surface area contributed by atoms with Gasteiger partial charge < -0.3 is 9.88 Å². The number of nitrogens with one attached hydrogen (secondary N) is 1. The third-order valence-corrected chi connectivity index (χ3v) is 5.29. The van der Waals surface area contributed by atoms with Gasteiger partial charge in [-0.05, 0) is 35.7 Å². The van der Waals surface area contributed by atoms with Crippen LogP contribution in [-0.2, 0) is 6.42 Å². The minimum Gasteiger partial charge on any atom is -0.361 e. The molecule has 0 saturated heterocycles. The molecule has 2 nitrogen and oxygen atoms in total. The number of aromatic amines is 1. The molecule has 4 aromatic rings. The van der Waals surface area contributed by atoms with Crippen LogP contribution in [-0.4, -0.2) is 11.5 Å². The quantitative estimate of drug-likeness (QED) is 0.529. The third kappa shape index (κ3) is 2.33. The Kier molecular flexibility index (Phi) is 3.34. The summed E-state index contributed by atoms with van der Waals surface area (Å²) in [5.74, 6) is 0. The summed E-state index contributed by atoms with van der Waals surface area (Å²) in [7, 11) is 0. The molecule has 0 aliphatic carbocycles. The van der Waals surface area contributed by atoms with Gasteiger partial charge in [-0.15, -0.1) is 0 Å². The summed E-state index contributed by atoms with van der Waals surface area (Å²) in [6.45, 7) is 1.03. The molecule has 3 aromatic carbocycles. The zero-order valence-corrected chi connectivity index (χ0v) is 14.0. The molecule has 0 spiro atoms. The second-order valence-electron chi connectivity index (χ2n) is 6.67. The Morgan fingerprint density at radius 1 is 0.760 bits per heavy atom. The zero-order valence-electron chi connectivity index (χ0n) is 14.0. The van der Waals surface area contributed by atoms with Crippen LogP contribution in [0.4, 0.5) is 5.69 Å². The van der Waals surface area contributed by atoms with Crippen molar-refractivity contribution < 1.29 is 0 Å². The molecular weight excluding hydrogens is 304 g/mol. The molecule has 1 N–H and O–H groups in total. The van der Waals surface area contributed by atoms with Crippen LogP contribution >= 0.6 is 0 Å². The molecule has 0 radical (unpaired) electrons. The van der Waals surface area contributed by atoms with Crippen molar-refractivity contribution in [1.29, 1.82) is 0 Å². The van der Waals surface area contributed by atoms with Gasteiger partial charge in [0.2, 0.25) is 0 Å². The monoisotopic (exact) mass is 324 g/mol. The van der Waals surface area contributed by atoms with Crippen LogP contribution < -0.4 is 4.90 Å². The summed E-state index contributed by atoms with van der Waals surface area (Å²) in [5, 5.41) is 1.31. The van der Waals surface area contributed by atoms with Crippen molar-refractivity contribution >= 4 is 16.6 Å². The van der Waals surface area contributed by atoms with Gasteiger partial charge in [-0.2, -0.15) is 0 Å². The van der Waals surface area contributed by atoms with Gasteiger partial charge in [0.25, 0.3) is 0 Å². The second kappa shape index (κ2) is 5.82. The lowest BCUT2D eigenvalue weighted by Gasteiger charge is -2.39. The molecular formula is C23H20N2. The van der Waals surface area contributed by atoms with E-state index in [1.54, 1.807) is 0 Å². The zero-order chi connectivity index (χ0) is 16.6. The van der Waals surface area contributed by atoms with Crippen molar-refractivity contribution in [3.63, 3.8) is 0 Å². The van der Waals surface area contributed by atoms with Crippen LogP contribution in [0.1, 0.15) is 22.7 Å². The second-order valence-corrected chi connectivity index (χ2v) is 6.67. The number of rotatable bonds is 2. The van der Waals surface area contributed by atoms with Crippen molar-refractivity contribution in [1.82, 2.24) is 4.98 Å². The van der Waals surface area contributed by atoms with Gasteiger partial charge in [-0.1, -0.05) is 60.7 Å². The first-order valence-electron chi connectivity index (χ1n) is 8.87. The lowest BCUT2D eigenvalue weighted by molar-refractivity contribution is 0.656. The van der Waals surface area contributed by atoms with Gasteiger partial charge in [0.05, 0.1) is 6.04 Å². The number of anilines is 1. The van der Waals surface area contributed by atoms with E-state index in [1.165, 1.54) is 33.3 Å². The average molecular weight is 324 g/mol. The van der Waals surface area contributed by atoms with E-state index in [0.29, 0.717) is 0 Å². The summed E-state index contributed by atoms with van der Waals surface area (Å²) in [4.78, 5) is 6.00. The molecule has 0 unspecified atom stereocenters. The highest BCUT2D eigenvalue weighted by Crippen LogP contribution is 2.40. The lowest BCUT2D eigenvalue weighted by Crippen LogP contribution is -2.36. The van der Waals surface area contributed by atoms with Gasteiger partial charge >= 0.3 is 0 Å². The predicted molar refractivity (Wildman–Crippen MR) is 104 cm³/mol. The highest BCUT2D eigenvalue weighted by Gasteiger charge is 2.30. The van der Waals surface area contributed by atoms with E-state index in [4.69, 9.17) is 0 Å². The summed E-state index contributed by atoms with van der Waals surface area (Å²) < 4.78 is 0. The van der Waals surface area contributed by atoms with Gasteiger partial charge in [0.15, 0.2) is 0 Å². The van der Waals surface area contributed by atoms with E-state index in [-0.39, 0.29) is 6.04 Å². The van der Waals surface area contributed by atoms with Crippen LogP contribution in [0.5, 0.6) is 0 Å². The Labute approximate surface area is 147 Å². The summed E-state index contributed by atoms with van der Waals surface area (Å²) >= 11 is 0. The Morgan fingerprint density at radius 3 is 2.44 bits per heavy atom. The van der Waals surface area contributed by atoms with Gasteiger partial charge in [-0.3, -0.25) is 0 Å². The molecule has 0 bridgehead atoms. The van der Waals surface area contributed by atoms with Gasteiger partial charge in [0, 0.05) is 34.9 Å². The molecule has 1 atom stereocenters. The molecule has 1 aromatic heterocycles. The number of fused-ring (bicyclic) bond motifs is 2. The normalized spacial score (nSPS) is 16.8. The Morgan fingerprint density at radius 2 is 1.52 bits per heavy atom. The molecule has 1 aliphatic rings. The number of aromatic nitrogens is 1. The molecule has 1 aliphatic heterocycles. The molecule has 2 heteroatoms. The number of H-pyrrole nitrogens is 1. The Balaban J connectivity index is 1.73. The minimum absolute atomic E-state index is 0.239. The highest BCUT2D eigenvalue weighted by atomic mass is 15.2. The number of nitrogens with zero attached hydrogens (tertiary/aromatic N) is 1. The molecule has 2 heterocycles. The predicted octanol–water partition coefficient (Wildman–Crippen LogP) is 5.32. The van der Waals surface area contributed by atoms with Crippen molar-refractivity contribution in [3.05, 3.63) is 102 Å². The number of benzene rings is 3. The minimum atomic E-state index is 0.239. The fourth-order valence-electron chi connectivity index (χ4n) is 4.12. The maximum absolute atomic E-state index is 3.46. The SMILES string of the molecule is c1ccc(N2CCc3ccccc3[C@H]2c2c[nH]c3ccccc23)cc1. The van der Waals surface area contributed by atoms with Crippen molar-refractivity contribution in [2.24, 2.45) is 0 Å². The molecule has 0 saturated carbocycles. The van der Waals surface area contributed by atoms with E-state index < -0.39 is 0 Å². The van der Waals surface area contributed by atoms with Crippen molar-refractivity contribution in [3.8, 4) is 0 Å². The van der Waals surface area contributed by atoms with Crippen LogP contribution in [0.3, 0.4) is 0 Å². The summed E-state index contributed by atoms with van der Waals surface area (Å²) in [5.41, 5.74) is 6.72. The average Bonchev–Trinajstić information content (AvgIpc) is 3.11. The van der Waals surface area contributed by atoms with Crippen LogP contribution in [0.25, 0.3) is 10.9 Å². The first-order valence-corrected chi connectivity index (χ1v) is 8.87. The van der Waals surface area contributed by atoms with Crippen LogP contribution in [0, 0.1) is 0 Å². The van der Waals surface area contributed by atoms with Crippen LogP contribution in [0.15, 0.2) is 85.1 Å². The Bertz CT molecular complexity index is 1020. The lowest BCUT2D eigenvalue weighted by atomic mass is 9.87. The maximum atomic E-state index is 3.46. The van der Waals surface area contributed by atoms with E-state index in [9.17, 15) is 0 Å². The maximum Gasteiger partial charge on any atom is 0.0819 e. The van der Waals surface area contributed by atoms with E-state index in [1.807, 2.05) is 0 Å². The fraction of sp³-hybridized carbons (Fsp3) is 0.130. The largest absolute Gasteiger partial charge is 0.361 e. The first-order chi connectivity index (χ1) is 12.4. The van der Waals surface area contributed by atoms with E-state index in [0.717, 1.165) is 13.0 Å². The number of hydrogen-bond acceptors (Lipinski definition) is 1. The van der Waals surface area contributed by atoms with Crippen molar-refractivity contribution in [2.45, 2.75) is 12.5 Å². The van der Waals surface area contributed by atoms with E-state index in [2.05, 4.69) is 94.9 Å². The Hall–Kier alpha value is -3.00. The number of para-hydroxylation sites is 2. The highest BCUT2D eigenvalue weighted by molar-refractivity contribution is 5.85. The topological polar surface area (TPSA) is 19.0 Å². The standard InChI is InChI=1S/C23H20N2/c1-2-9-18(10-3-1)25-15-14-17-8-4-5-11-19(17)23(25)21-16-24-22-13-7-6-12-20(21)22/h1-13,16,23-24H,14-15H2/t23-/m0/s1. The summed E-state index contributed by atoms with van der Waals surface area (Å²) in [6, 6.07) is 28.5. The molecule has 25 heavy (non-hydrogen) atoms. The first kappa shape index (κ1) is 14.4. The smallest absolute Gasteiger partial charge is 0.0819 e. The number of hydrogen-bond donors (Lipinski definition) is 1.